The first kappa shape index (κ1) is 23.2. The molecule has 152 valence electrons. The Balaban J connectivity index is 3.41. The molecule has 0 saturated heterocycles. The number of benzene rings is 1. The lowest BCUT2D eigenvalue weighted by atomic mass is 9.80. The molecule has 2 unspecified atom stereocenters. The highest BCUT2D eigenvalue weighted by Crippen LogP contribution is 2.35. The maximum Gasteiger partial charge on any atom is 0.310 e. The number of carboxylic acids is 2. The van der Waals surface area contributed by atoms with Gasteiger partial charge >= 0.3 is 11.9 Å². The number of unbranched alkanes of at least 4 members (excludes halogenated alkanes) is 2. The monoisotopic (exact) mass is 376 g/mol. The Hall–Kier alpha value is -1.84. The normalized spacial score (nSPS) is 13.7. The summed E-state index contributed by atoms with van der Waals surface area (Å²) in [5.41, 5.74) is 2.47. The summed E-state index contributed by atoms with van der Waals surface area (Å²) in [7, 11) is 0. The van der Waals surface area contributed by atoms with Crippen LogP contribution in [0.25, 0.3) is 0 Å². The van der Waals surface area contributed by atoms with Crippen LogP contribution in [0.4, 0.5) is 0 Å². The SMILES string of the molecule is CCCCCc1ccc(C(CC(C)C)C(=O)O)c(C(CC(C)C)C(=O)O)c1. The molecule has 2 atom stereocenters. The third-order valence-electron chi connectivity index (χ3n) is 4.98. The first-order chi connectivity index (χ1) is 12.7. The van der Waals surface area contributed by atoms with Gasteiger partial charge in [-0.1, -0.05) is 65.7 Å². The predicted molar refractivity (Wildman–Crippen MR) is 109 cm³/mol. The van der Waals surface area contributed by atoms with Crippen LogP contribution in [0.5, 0.6) is 0 Å². The van der Waals surface area contributed by atoms with Crippen molar-refractivity contribution < 1.29 is 19.8 Å². The minimum absolute atomic E-state index is 0.219. The van der Waals surface area contributed by atoms with E-state index < -0.39 is 23.8 Å². The molecule has 27 heavy (non-hydrogen) atoms. The van der Waals surface area contributed by atoms with Gasteiger partial charge < -0.3 is 10.2 Å². The Bertz CT molecular complexity index is 619. The summed E-state index contributed by atoms with van der Waals surface area (Å²) >= 11 is 0. The molecule has 1 aromatic rings. The third kappa shape index (κ3) is 7.36. The predicted octanol–water partition coefficient (Wildman–Crippen LogP) is 5.85. The van der Waals surface area contributed by atoms with Crippen LogP contribution in [0.2, 0.25) is 0 Å². The van der Waals surface area contributed by atoms with E-state index in [2.05, 4.69) is 6.92 Å². The van der Waals surface area contributed by atoms with Crippen molar-refractivity contribution in [3.8, 4) is 0 Å². The second kappa shape index (κ2) is 11.1. The maximum absolute atomic E-state index is 12.0. The molecule has 1 aromatic carbocycles. The lowest BCUT2D eigenvalue weighted by molar-refractivity contribution is -0.140. The molecule has 0 bridgehead atoms. The molecule has 0 aromatic heterocycles. The van der Waals surface area contributed by atoms with E-state index in [1.54, 1.807) is 0 Å². The van der Waals surface area contributed by atoms with Crippen molar-refractivity contribution in [1.82, 2.24) is 0 Å². The molecular weight excluding hydrogens is 340 g/mol. The standard InChI is InChI=1S/C23H36O4/c1-6-7-8-9-17-10-11-18(20(22(24)25)12-15(2)3)19(14-17)21(23(26)27)13-16(4)5/h10-11,14-16,20-21H,6-9,12-13H2,1-5H3,(H,24,25)(H,26,27). The fraction of sp³-hybridized carbons (Fsp3) is 0.652. The maximum atomic E-state index is 12.0. The van der Waals surface area contributed by atoms with Crippen molar-refractivity contribution in [2.24, 2.45) is 11.8 Å². The van der Waals surface area contributed by atoms with E-state index in [-0.39, 0.29) is 11.8 Å². The Morgan fingerprint density at radius 3 is 1.81 bits per heavy atom. The van der Waals surface area contributed by atoms with Gasteiger partial charge in [0, 0.05) is 0 Å². The van der Waals surface area contributed by atoms with Crippen LogP contribution in [0, 0.1) is 11.8 Å². The van der Waals surface area contributed by atoms with Crippen LogP contribution in [-0.4, -0.2) is 22.2 Å². The van der Waals surface area contributed by atoms with E-state index in [1.807, 2.05) is 45.9 Å². The van der Waals surface area contributed by atoms with Gasteiger partial charge in [0.15, 0.2) is 0 Å². The molecule has 0 fully saturated rings. The zero-order valence-electron chi connectivity index (χ0n) is 17.5. The summed E-state index contributed by atoms with van der Waals surface area (Å²) < 4.78 is 0. The minimum Gasteiger partial charge on any atom is -0.481 e. The van der Waals surface area contributed by atoms with E-state index in [0.29, 0.717) is 24.0 Å². The third-order valence-corrected chi connectivity index (χ3v) is 4.98. The Morgan fingerprint density at radius 2 is 1.37 bits per heavy atom. The summed E-state index contributed by atoms with van der Waals surface area (Å²) in [5.74, 6) is -2.65. The first-order valence-corrected chi connectivity index (χ1v) is 10.3. The van der Waals surface area contributed by atoms with Crippen molar-refractivity contribution in [2.75, 3.05) is 0 Å². The van der Waals surface area contributed by atoms with Crippen LogP contribution < -0.4 is 0 Å². The van der Waals surface area contributed by atoms with E-state index in [4.69, 9.17) is 0 Å². The van der Waals surface area contributed by atoms with Gasteiger partial charge in [0.1, 0.15) is 0 Å². The van der Waals surface area contributed by atoms with Gasteiger partial charge in [0.25, 0.3) is 0 Å². The Labute approximate surface area is 164 Å². The van der Waals surface area contributed by atoms with Gasteiger partial charge in [0.2, 0.25) is 0 Å². The van der Waals surface area contributed by atoms with Gasteiger partial charge in [-0.15, -0.1) is 0 Å². The van der Waals surface area contributed by atoms with E-state index in [0.717, 1.165) is 31.2 Å². The fourth-order valence-electron chi connectivity index (χ4n) is 3.64. The van der Waals surface area contributed by atoms with Crippen LogP contribution in [0.15, 0.2) is 18.2 Å². The lowest BCUT2D eigenvalue weighted by Gasteiger charge is -2.24. The van der Waals surface area contributed by atoms with Gasteiger partial charge in [0.05, 0.1) is 11.8 Å². The lowest BCUT2D eigenvalue weighted by Crippen LogP contribution is -2.21. The summed E-state index contributed by atoms with van der Waals surface area (Å²) in [4.78, 5) is 24.0. The number of carbonyl (C=O) groups is 2. The smallest absolute Gasteiger partial charge is 0.310 e. The van der Waals surface area contributed by atoms with Crippen molar-refractivity contribution in [3.05, 3.63) is 34.9 Å². The molecule has 0 aliphatic heterocycles. The van der Waals surface area contributed by atoms with E-state index in [1.165, 1.54) is 0 Å². The Morgan fingerprint density at radius 1 is 0.852 bits per heavy atom. The topological polar surface area (TPSA) is 74.6 Å². The second-order valence-corrected chi connectivity index (χ2v) is 8.46. The average molecular weight is 377 g/mol. The van der Waals surface area contributed by atoms with Gasteiger partial charge in [-0.25, -0.2) is 0 Å². The van der Waals surface area contributed by atoms with Gasteiger partial charge in [-0.05, 0) is 54.2 Å². The van der Waals surface area contributed by atoms with E-state index in [9.17, 15) is 19.8 Å². The number of hydrogen-bond donors (Lipinski definition) is 2. The molecule has 0 radical (unpaired) electrons. The summed E-state index contributed by atoms with van der Waals surface area (Å²) in [6.07, 6.45) is 5.24. The summed E-state index contributed by atoms with van der Waals surface area (Å²) in [5, 5.41) is 19.7. The highest BCUT2D eigenvalue weighted by atomic mass is 16.4. The van der Waals surface area contributed by atoms with Crippen LogP contribution in [-0.2, 0) is 16.0 Å². The van der Waals surface area contributed by atoms with E-state index >= 15 is 0 Å². The highest BCUT2D eigenvalue weighted by Gasteiger charge is 2.30. The number of aliphatic carboxylic acids is 2. The number of hydrogen-bond acceptors (Lipinski definition) is 2. The minimum atomic E-state index is -0.877. The molecule has 0 heterocycles. The second-order valence-electron chi connectivity index (χ2n) is 8.46. The highest BCUT2D eigenvalue weighted by molar-refractivity contribution is 5.80. The molecule has 0 aliphatic carbocycles. The van der Waals surface area contributed by atoms with Crippen LogP contribution >= 0.6 is 0 Å². The molecule has 0 aliphatic rings. The zero-order chi connectivity index (χ0) is 20.6. The van der Waals surface area contributed by atoms with Crippen molar-refractivity contribution >= 4 is 11.9 Å². The number of carboxylic acid groups (broad SMARTS) is 2. The molecule has 1 rings (SSSR count). The number of aryl methyl sites for hydroxylation is 1. The molecular formula is C23H36O4. The molecule has 4 heteroatoms. The zero-order valence-corrected chi connectivity index (χ0v) is 17.5. The van der Waals surface area contributed by atoms with Gasteiger partial charge in [-0.3, -0.25) is 9.59 Å². The molecule has 4 nitrogen and oxygen atoms in total. The van der Waals surface area contributed by atoms with Crippen molar-refractivity contribution in [2.45, 2.75) is 85.0 Å². The number of rotatable bonds is 12. The van der Waals surface area contributed by atoms with Gasteiger partial charge in [-0.2, -0.15) is 0 Å². The summed E-state index contributed by atoms with van der Waals surface area (Å²) in [6, 6.07) is 5.81. The van der Waals surface area contributed by atoms with Crippen LogP contribution in [0.3, 0.4) is 0 Å². The molecule has 0 saturated carbocycles. The molecule has 0 spiro atoms. The Kier molecular flexibility index (Phi) is 9.54. The van der Waals surface area contributed by atoms with Crippen LogP contribution in [0.1, 0.15) is 95.2 Å². The van der Waals surface area contributed by atoms with Crippen molar-refractivity contribution in [1.29, 1.82) is 0 Å². The quantitative estimate of drug-likeness (QED) is 0.449. The largest absolute Gasteiger partial charge is 0.481 e. The molecule has 0 amide bonds. The first-order valence-electron chi connectivity index (χ1n) is 10.3. The average Bonchev–Trinajstić information content (AvgIpc) is 2.57. The summed E-state index contributed by atoms with van der Waals surface area (Å²) in [6.45, 7) is 10.2. The molecule has 2 N–H and O–H groups in total. The fourth-order valence-corrected chi connectivity index (χ4v) is 3.64. The van der Waals surface area contributed by atoms with Crippen molar-refractivity contribution in [3.63, 3.8) is 0 Å².